The number of carbonyl (C=O) groups excluding carboxylic acids is 1. The smallest absolute Gasteiger partial charge is 0.270 e. The highest BCUT2D eigenvalue weighted by Gasteiger charge is 2.13. The quantitative estimate of drug-likeness (QED) is 0.141. The van der Waals surface area contributed by atoms with Gasteiger partial charge in [-0.25, -0.2) is 4.98 Å². The average molecular weight is 478 g/mol. The van der Waals surface area contributed by atoms with Gasteiger partial charge in [-0.15, -0.1) is 11.3 Å². The van der Waals surface area contributed by atoms with Crippen LogP contribution in [0.4, 0.5) is 11.4 Å². The normalized spacial score (nSPS) is 11.1. The molecule has 0 atom stereocenters. The van der Waals surface area contributed by atoms with Gasteiger partial charge < -0.3 is 10.1 Å². The summed E-state index contributed by atoms with van der Waals surface area (Å²) in [6, 6.07) is 19.7. The summed E-state index contributed by atoms with van der Waals surface area (Å²) in [6.45, 7) is 0. The Hall–Kier alpha value is -3.69. The Kier molecular flexibility index (Phi) is 7.01. The van der Waals surface area contributed by atoms with Crippen LogP contribution in [0, 0.1) is 10.1 Å². The molecular formula is C24H19N3O4S2. The van der Waals surface area contributed by atoms with Gasteiger partial charge in [0.1, 0.15) is 5.75 Å². The van der Waals surface area contributed by atoms with E-state index in [-0.39, 0.29) is 11.6 Å². The van der Waals surface area contributed by atoms with Crippen LogP contribution in [-0.4, -0.2) is 22.9 Å². The molecule has 1 aromatic heterocycles. The molecule has 33 heavy (non-hydrogen) atoms. The van der Waals surface area contributed by atoms with E-state index in [4.69, 9.17) is 4.74 Å². The number of rotatable bonds is 8. The maximum Gasteiger partial charge on any atom is 0.270 e. The molecule has 0 bridgehead atoms. The van der Waals surface area contributed by atoms with Gasteiger partial charge in [0.2, 0.25) is 5.91 Å². The number of thiazole rings is 1. The summed E-state index contributed by atoms with van der Waals surface area (Å²) in [6.07, 6.45) is 3.26. The molecule has 3 aromatic carbocycles. The Balaban J connectivity index is 1.44. The minimum Gasteiger partial charge on any atom is -0.496 e. The maximum atomic E-state index is 12.2. The summed E-state index contributed by atoms with van der Waals surface area (Å²) in [5.41, 5.74) is 3.22. The lowest BCUT2D eigenvalue weighted by molar-refractivity contribution is -0.384. The average Bonchev–Trinajstić information content (AvgIpc) is 3.24. The van der Waals surface area contributed by atoms with Gasteiger partial charge >= 0.3 is 0 Å². The van der Waals surface area contributed by atoms with E-state index in [9.17, 15) is 14.9 Å². The van der Waals surface area contributed by atoms with Crippen molar-refractivity contribution in [2.75, 3.05) is 12.4 Å². The summed E-state index contributed by atoms with van der Waals surface area (Å²) in [5, 5.41) is 13.9. The van der Waals surface area contributed by atoms with Crippen molar-refractivity contribution in [3.63, 3.8) is 0 Å². The molecule has 166 valence electrons. The molecule has 0 aliphatic heterocycles. The summed E-state index contributed by atoms with van der Waals surface area (Å²) in [7, 11) is 1.54. The predicted octanol–water partition coefficient (Wildman–Crippen LogP) is 6.16. The second-order valence-electron chi connectivity index (χ2n) is 6.94. The number of aromatic nitrogens is 1. The minimum atomic E-state index is -0.420. The number of nitro groups is 1. The molecular weight excluding hydrogens is 458 g/mol. The Bertz CT molecular complexity index is 1340. The van der Waals surface area contributed by atoms with Crippen LogP contribution in [-0.2, 0) is 10.5 Å². The Labute approximate surface area is 198 Å². The van der Waals surface area contributed by atoms with E-state index in [2.05, 4.69) is 10.3 Å². The first-order valence-corrected chi connectivity index (χ1v) is 11.7. The number of hydrogen-bond donors (Lipinski definition) is 1. The second-order valence-corrected chi connectivity index (χ2v) is 9.19. The fourth-order valence-electron chi connectivity index (χ4n) is 3.09. The molecule has 0 aliphatic carbocycles. The number of nitrogens with zero attached hydrogens (tertiary/aromatic N) is 2. The third-order valence-electron chi connectivity index (χ3n) is 4.69. The van der Waals surface area contributed by atoms with Crippen molar-refractivity contribution < 1.29 is 14.5 Å². The Morgan fingerprint density at radius 1 is 1.18 bits per heavy atom. The molecule has 0 saturated heterocycles. The lowest BCUT2D eigenvalue weighted by Crippen LogP contribution is -2.07. The largest absolute Gasteiger partial charge is 0.496 e. The lowest BCUT2D eigenvalue weighted by atomic mass is 10.2. The number of fused-ring (bicyclic) bond motifs is 1. The first kappa shape index (κ1) is 22.5. The zero-order chi connectivity index (χ0) is 23.2. The summed E-state index contributed by atoms with van der Waals surface area (Å²) in [5.74, 6) is 0.872. The van der Waals surface area contributed by atoms with Crippen molar-refractivity contribution in [1.29, 1.82) is 0 Å². The molecule has 4 aromatic rings. The van der Waals surface area contributed by atoms with E-state index in [1.54, 1.807) is 12.1 Å². The van der Waals surface area contributed by atoms with Gasteiger partial charge in [0.05, 0.1) is 22.2 Å². The number of methoxy groups -OCH3 is 1. The molecule has 1 heterocycles. The maximum absolute atomic E-state index is 12.2. The van der Waals surface area contributed by atoms with E-state index in [0.717, 1.165) is 25.7 Å². The lowest BCUT2D eigenvalue weighted by Gasteiger charge is -2.06. The molecule has 1 N–H and O–H groups in total. The molecule has 7 nitrogen and oxygen atoms in total. The molecule has 4 rings (SSSR count). The number of non-ortho nitro benzene ring substituents is 1. The van der Waals surface area contributed by atoms with Gasteiger partial charge in [0.15, 0.2) is 4.34 Å². The summed E-state index contributed by atoms with van der Waals surface area (Å²) in [4.78, 5) is 27.5. The van der Waals surface area contributed by atoms with Crippen LogP contribution in [0.3, 0.4) is 0 Å². The summed E-state index contributed by atoms with van der Waals surface area (Å²) >= 11 is 2.98. The monoisotopic (exact) mass is 477 g/mol. The molecule has 0 aliphatic rings. The van der Waals surface area contributed by atoms with Crippen LogP contribution in [0.5, 0.6) is 5.75 Å². The molecule has 0 spiro atoms. The number of hydrogen-bond acceptors (Lipinski definition) is 7. The SMILES string of the molecule is COc1ccc([N+](=O)[O-])cc1CSc1nc2ccc(NC(=O)/C=C\c3ccccc3)cc2s1. The van der Waals surface area contributed by atoms with Crippen molar-refractivity contribution in [2.45, 2.75) is 10.1 Å². The molecule has 0 fully saturated rings. The Morgan fingerprint density at radius 3 is 2.76 bits per heavy atom. The van der Waals surface area contributed by atoms with Gasteiger partial charge in [-0.3, -0.25) is 14.9 Å². The minimum absolute atomic E-state index is 0.0254. The number of benzene rings is 3. The first-order chi connectivity index (χ1) is 16.0. The van der Waals surface area contributed by atoms with Gasteiger partial charge in [0, 0.05) is 35.2 Å². The number of thioether (sulfide) groups is 1. The highest BCUT2D eigenvalue weighted by molar-refractivity contribution is 8.00. The molecule has 1 amide bonds. The van der Waals surface area contributed by atoms with E-state index < -0.39 is 4.92 Å². The summed E-state index contributed by atoms with van der Waals surface area (Å²) < 4.78 is 7.09. The second kappa shape index (κ2) is 10.3. The zero-order valence-corrected chi connectivity index (χ0v) is 19.2. The molecule has 0 unspecified atom stereocenters. The molecule has 0 radical (unpaired) electrons. The van der Waals surface area contributed by atoms with Crippen LogP contribution in [0.25, 0.3) is 16.3 Å². The third kappa shape index (κ3) is 5.76. The van der Waals surface area contributed by atoms with Crippen LogP contribution >= 0.6 is 23.1 Å². The third-order valence-corrected chi connectivity index (χ3v) is 6.90. The topological polar surface area (TPSA) is 94.4 Å². The van der Waals surface area contributed by atoms with E-state index in [1.807, 2.05) is 48.5 Å². The van der Waals surface area contributed by atoms with Crippen molar-refractivity contribution in [3.05, 3.63) is 94.0 Å². The van der Waals surface area contributed by atoms with Crippen LogP contribution in [0.15, 0.2) is 77.1 Å². The number of ether oxygens (including phenoxy) is 1. The predicted molar refractivity (Wildman–Crippen MR) is 133 cm³/mol. The van der Waals surface area contributed by atoms with Gasteiger partial charge in [-0.2, -0.15) is 0 Å². The van der Waals surface area contributed by atoms with Crippen molar-refractivity contribution in [3.8, 4) is 5.75 Å². The van der Waals surface area contributed by atoms with Crippen molar-refractivity contribution in [1.82, 2.24) is 4.98 Å². The van der Waals surface area contributed by atoms with Crippen LogP contribution < -0.4 is 10.1 Å². The number of anilines is 1. The number of nitrogens with one attached hydrogen (secondary N) is 1. The van der Waals surface area contributed by atoms with E-state index in [1.165, 1.54) is 48.4 Å². The van der Waals surface area contributed by atoms with Crippen molar-refractivity contribution >= 4 is 56.7 Å². The first-order valence-electron chi connectivity index (χ1n) is 9.90. The zero-order valence-electron chi connectivity index (χ0n) is 17.6. The standard InChI is InChI=1S/C24H19N3O4S2/c1-31-21-11-9-19(27(29)30)13-17(21)15-32-24-26-20-10-8-18(14-22(20)33-24)25-23(28)12-7-16-5-3-2-4-6-16/h2-14H,15H2,1H3,(H,25,28)/b12-7-. The van der Waals surface area contributed by atoms with Gasteiger partial charge in [-0.1, -0.05) is 42.1 Å². The molecule has 0 saturated carbocycles. The number of carbonyl (C=O) groups is 1. The van der Waals surface area contributed by atoms with Crippen LogP contribution in [0.2, 0.25) is 0 Å². The fourth-order valence-corrected chi connectivity index (χ4v) is 5.18. The van der Waals surface area contributed by atoms with Gasteiger partial charge in [-0.05, 0) is 35.9 Å². The van der Waals surface area contributed by atoms with Gasteiger partial charge in [0.25, 0.3) is 5.69 Å². The fraction of sp³-hybridized carbons (Fsp3) is 0.0833. The molecule has 9 heteroatoms. The highest BCUT2D eigenvalue weighted by atomic mass is 32.2. The van der Waals surface area contributed by atoms with Crippen LogP contribution in [0.1, 0.15) is 11.1 Å². The highest BCUT2D eigenvalue weighted by Crippen LogP contribution is 2.35. The Morgan fingerprint density at radius 2 is 2.00 bits per heavy atom. The number of amides is 1. The van der Waals surface area contributed by atoms with Crippen molar-refractivity contribution in [2.24, 2.45) is 0 Å². The van der Waals surface area contributed by atoms with E-state index in [0.29, 0.717) is 17.2 Å². The number of nitro benzene ring substituents is 1. The van der Waals surface area contributed by atoms with E-state index >= 15 is 0 Å².